The SMILES string of the molecule is CCOc1ccc(C(=O)NC(C)c2cnn(C)c2C)cc1OCC. The molecule has 130 valence electrons. The van der Waals surface area contributed by atoms with Gasteiger partial charge in [-0.3, -0.25) is 9.48 Å². The van der Waals surface area contributed by atoms with Gasteiger partial charge in [-0.15, -0.1) is 0 Å². The summed E-state index contributed by atoms with van der Waals surface area (Å²) < 4.78 is 12.9. The lowest BCUT2D eigenvalue weighted by Gasteiger charge is -2.15. The number of aryl methyl sites for hydroxylation is 1. The Balaban J connectivity index is 2.17. The Morgan fingerprint density at radius 3 is 2.50 bits per heavy atom. The molecule has 1 atom stereocenters. The molecule has 0 fully saturated rings. The fraction of sp³-hybridized carbons (Fsp3) is 0.444. The maximum absolute atomic E-state index is 12.5. The highest BCUT2D eigenvalue weighted by Crippen LogP contribution is 2.29. The minimum absolute atomic E-state index is 0.131. The Morgan fingerprint density at radius 1 is 1.25 bits per heavy atom. The van der Waals surface area contributed by atoms with E-state index in [1.807, 2.05) is 34.7 Å². The molecule has 1 unspecified atom stereocenters. The molecule has 1 heterocycles. The van der Waals surface area contributed by atoms with Gasteiger partial charge in [0.2, 0.25) is 0 Å². The second kappa shape index (κ2) is 7.86. The predicted molar refractivity (Wildman–Crippen MR) is 92.6 cm³/mol. The van der Waals surface area contributed by atoms with Crippen LogP contribution in [0.1, 0.15) is 48.4 Å². The maximum Gasteiger partial charge on any atom is 0.251 e. The summed E-state index contributed by atoms with van der Waals surface area (Å²) in [6.07, 6.45) is 1.78. The fourth-order valence-corrected chi connectivity index (χ4v) is 2.49. The molecule has 1 aromatic carbocycles. The van der Waals surface area contributed by atoms with Crippen LogP contribution >= 0.6 is 0 Å². The normalized spacial score (nSPS) is 11.9. The van der Waals surface area contributed by atoms with Crippen LogP contribution in [0.5, 0.6) is 11.5 Å². The van der Waals surface area contributed by atoms with E-state index in [1.54, 1.807) is 29.1 Å². The molecule has 0 aliphatic rings. The van der Waals surface area contributed by atoms with Crippen molar-refractivity contribution in [1.82, 2.24) is 15.1 Å². The molecule has 0 radical (unpaired) electrons. The lowest BCUT2D eigenvalue weighted by Crippen LogP contribution is -2.27. The molecule has 1 N–H and O–H groups in total. The van der Waals surface area contributed by atoms with Gasteiger partial charge in [-0.25, -0.2) is 0 Å². The van der Waals surface area contributed by atoms with E-state index < -0.39 is 0 Å². The van der Waals surface area contributed by atoms with Crippen molar-refractivity contribution in [2.45, 2.75) is 33.7 Å². The molecule has 6 heteroatoms. The van der Waals surface area contributed by atoms with Gasteiger partial charge in [0.15, 0.2) is 11.5 Å². The minimum atomic E-state index is -0.158. The third-order valence-electron chi connectivity index (χ3n) is 3.89. The molecule has 2 rings (SSSR count). The number of hydrogen-bond donors (Lipinski definition) is 1. The molecule has 0 saturated carbocycles. The van der Waals surface area contributed by atoms with E-state index in [-0.39, 0.29) is 11.9 Å². The molecule has 0 saturated heterocycles. The minimum Gasteiger partial charge on any atom is -0.490 e. The summed E-state index contributed by atoms with van der Waals surface area (Å²) in [6.45, 7) is 8.79. The van der Waals surface area contributed by atoms with Crippen LogP contribution in [0.4, 0.5) is 0 Å². The van der Waals surface area contributed by atoms with Crippen molar-refractivity contribution in [3.8, 4) is 11.5 Å². The highest BCUT2D eigenvalue weighted by atomic mass is 16.5. The van der Waals surface area contributed by atoms with Crippen LogP contribution in [-0.4, -0.2) is 28.9 Å². The number of ether oxygens (including phenoxy) is 2. The van der Waals surface area contributed by atoms with Crippen LogP contribution in [0.15, 0.2) is 24.4 Å². The summed E-state index contributed by atoms with van der Waals surface area (Å²) in [5.41, 5.74) is 2.57. The van der Waals surface area contributed by atoms with E-state index in [9.17, 15) is 4.79 Å². The number of amides is 1. The molecule has 0 spiro atoms. The van der Waals surface area contributed by atoms with E-state index in [0.717, 1.165) is 11.3 Å². The summed E-state index contributed by atoms with van der Waals surface area (Å²) in [7, 11) is 1.88. The van der Waals surface area contributed by atoms with Crippen LogP contribution in [0.25, 0.3) is 0 Å². The maximum atomic E-state index is 12.5. The van der Waals surface area contributed by atoms with Crippen molar-refractivity contribution in [2.24, 2.45) is 7.05 Å². The second-order valence-electron chi connectivity index (χ2n) is 5.53. The number of hydrogen-bond acceptors (Lipinski definition) is 4. The summed E-state index contributed by atoms with van der Waals surface area (Å²) >= 11 is 0. The number of benzene rings is 1. The number of aromatic nitrogens is 2. The zero-order valence-corrected chi connectivity index (χ0v) is 14.9. The Labute approximate surface area is 142 Å². The largest absolute Gasteiger partial charge is 0.490 e. The second-order valence-corrected chi connectivity index (χ2v) is 5.53. The smallest absolute Gasteiger partial charge is 0.251 e. The first kappa shape index (κ1) is 17.8. The van der Waals surface area contributed by atoms with Crippen LogP contribution in [-0.2, 0) is 7.05 Å². The molecule has 24 heavy (non-hydrogen) atoms. The number of carbonyl (C=O) groups is 1. The van der Waals surface area contributed by atoms with Gasteiger partial charge in [-0.1, -0.05) is 0 Å². The Hall–Kier alpha value is -2.50. The molecule has 0 bridgehead atoms. The van der Waals surface area contributed by atoms with Crippen molar-refractivity contribution >= 4 is 5.91 Å². The van der Waals surface area contributed by atoms with E-state index in [1.165, 1.54) is 0 Å². The molecule has 2 aromatic rings. The molecular formula is C18H25N3O3. The van der Waals surface area contributed by atoms with Crippen molar-refractivity contribution in [3.63, 3.8) is 0 Å². The lowest BCUT2D eigenvalue weighted by molar-refractivity contribution is 0.0939. The molecule has 1 amide bonds. The van der Waals surface area contributed by atoms with Gasteiger partial charge in [0.1, 0.15) is 0 Å². The summed E-state index contributed by atoms with van der Waals surface area (Å²) in [5.74, 6) is 1.07. The van der Waals surface area contributed by atoms with Crippen LogP contribution in [0, 0.1) is 6.92 Å². The first-order valence-corrected chi connectivity index (χ1v) is 8.16. The number of nitrogens with zero attached hydrogens (tertiary/aromatic N) is 2. The lowest BCUT2D eigenvalue weighted by atomic mass is 10.1. The number of nitrogens with one attached hydrogen (secondary N) is 1. The molecule has 1 aromatic heterocycles. The highest BCUT2D eigenvalue weighted by Gasteiger charge is 2.17. The van der Waals surface area contributed by atoms with Crippen molar-refractivity contribution in [1.29, 1.82) is 0 Å². The van der Waals surface area contributed by atoms with E-state index >= 15 is 0 Å². The fourth-order valence-electron chi connectivity index (χ4n) is 2.49. The monoisotopic (exact) mass is 331 g/mol. The highest BCUT2D eigenvalue weighted by molar-refractivity contribution is 5.95. The first-order valence-electron chi connectivity index (χ1n) is 8.16. The topological polar surface area (TPSA) is 65.4 Å². The summed E-state index contributed by atoms with van der Waals surface area (Å²) in [6, 6.07) is 5.09. The zero-order chi connectivity index (χ0) is 17.7. The van der Waals surface area contributed by atoms with Crippen molar-refractivity contribution in [2.75, 3.05) is 13.2 Å². The van der Waals surface area contributed by atoms with Crippen LogP contribution in [0.3, 0.4) is 0 Å². The Morgan fingerprint density at radius 2 is 1.92 bits per heavy atom. The zero-order valence-electron chi connectivity index (χ0n) is 14.9. The summed E-state index contributed by atoms with van der Waals surface area (Å²) in [4.78, 5) is 12.5. The standard InChI is InChI=1S/C18H25N3O3/c1-6-23-16-9-8-14(10-17(16)24-7-2)18(22)20-12(3)15-11-19-21(5)13(15)4/h8-12H,6-7H2,1-5H3,(H,20,22). The van der Waals surface area contributed by atoms with E-state index in [2.05, 4.69) is 10.4 Å². The van der Waals surface area contributed by atoms with Gasteiger partial charge < -0.3 is 14.8 Å². The van der Waals surface area contributed by atoms with Crippen LogP contribution in [0.2, 0.25) is 0 Å². The number of rotatable bonds is 7. The van der Waals surface area contributed by atoms with Crippen LogP contribution < -0.4 is 14.8 Å². The van der Waals surface area contributed by atoms with Gasteiger partial charge in [0, 0.05) is 23.9 Å². The average molecular weight is 331 g/mol. The van der Waals surface area contributed by atoms with E-state index in [0.29, 0.717) is 30.3 Å². The predicted octanol–water partition coefficient (Wildman–Crippen LogP) is 3.02. The van der Waals surface area contributed by atoms with Gasteiger partial charge >= 0.3 is 0 Å². The third-order valence-corrected chi connectivity index (χ3v) is 3.89. The van der Waals surface area contributed by atoms with E-state index in [4.69, 9.17) is 9.47 Å². The number of carbonyl (C=O) groups excluding carboxylic acids is 1. The van der Waals surface area contributed by atoms with Gasteiger partial charge in [-0.2, -0.15) is 5.10 Å². The molecule has 6 nitrogen and oxygen atoms in total. The summed E-state index contributed by atoms with van der Waals surface area (Å²) in [5, 5.41) is 7.22. The van der Waals surface area contributed by atoms with Crippen molar-refractivity contribution in [3.05, 3.63) is 41.2 Å². The van der Waals surface area contributed by atoms with Crippen molar-refractivity contribution < 1.29 is 14.3 Å². The average Bonchev–Trinajstić information content (AvgIpc) is 2.89. The quantitative estimate of drug-likeness (QED) is 0.847. The Bertz CT molecular complexity index is 710. The Kier molecular flexibility index (Phi) is 5.84. The first-order chi connectivity index (χ1) is 11.5. The molecule has 0 aliphatic heterocycles. The molecule has 0 aliphatic carbocycles. The van der Waals surface area contributed by atoms with Gasteiger partial charge in [0.05, 0.1) is 25.5 Å². The van der Waals surface area contributed by atoms with Gasteiger partial charge in [0.25, 0.3) is 5.91 Å². The third kappa shape index (κ3) is 3.88. The van der Waals surface area contributed by atoms with Gasteiger partial charge in [-0.05, 0) is 45.9 Å². The molecular weight excluding hydrogens is 306 g/mol.